The van der Waals surface area contributed by atoms with Gasteiger partial charge in [-0.3, -0.25) is 9.97 Å². The third kappa shape index (κ3) is 1.16. The van der Waals surface area contributed by atoms with E-state index in [0.29, 0.717) is 0 Å². The highest BCUT2D eigenvalue weighted by molar-refractivity contribution is 7.98. The topological polar surface area (TPSA) is 25.8 Å². The third-order valence-electron chi connectivity index (χ3n) is 1.72. The van der Waals surface area contributed by atoms with Crippen molar-refractivity contribution in [1.82, 2.24) is 9.97 Å². The lowest BCUT2D eigenvalue weighted by Gasteiger charge is -2.00. The molecular weight excluding hydrogens is 168 g/mol. The lowest BCUT2D eigenvalue weighted by Crippen LogP contribution is -1.81. The van der Waals surface area contributed by atoms with E-state index in [4.69, 9.17) is 0 Å². The number of hydrogen-bond acceptors (Lipinski definition) is 3. The highest BCUT2D eigenvalue weighted by Gasteiger charge is 1.98. The second kappa shape index (κ2) is 3.11. The molecule has 0 saturated carbocycles. The first-order valence-electron chi connectivity index (χ1n) is 3.64. The molecule has 0 aliphatic rings. The van der Waals surface area contributed by atoms with E-state index in [-0.39, 0.29) is 0 Å². The largest absolute Gasteiger partial charge is 0.264 e. The van der Waals surface area contributed by atoms with Crippen molar-refractivity contribution in [3.05, 3.63) is 30.7 Å². The zero-order valence-electron chi connectivity index (χ0n) is 6.69. The Morgan fingerprint density at radius 1 is 1.25 bits per heavy atom. The standard InChI is InChI=1S/C9H8N2S/c1-12-9-3-5-11-8-2-4-10-6-7(8)9/h2-6H,1H3. The summed E-state index contributed by atoms with van der Waals surface area (Å²) in [6, 6.07) is 3.93. The maximum atomic E-state index is 4.24. The van der Waals surface area contributed by atoms with Crippen molar-refractivity contribution in [1.29, 1.82) is 0 Å². The van der Waals surface area contributed by atoms with Crippen LogP contribution in [0.25, 0.3) is 10.9 Å². The molecule has 0 N–H and O–H groups in total. The van der Waals surface area contributed by atoms with Gasteiger partial charge in [-0.05, 0) is 18.4 Å². The summed E-state index contributed by atoms with van der Waals surface area (Å²) in [6.07, 6.45) is 7.50. The summed E-state index contributed by atoms with van der Waals surface area (Å²) in [6.45, 7) is 0. The monoisotopic (exact) mass is 176 g/mol. The minimum atomic E-state index is 1.01. The minimum absolute atomic E-state index is 1.01. The molecule has 0 unspecified atom stereocenters. The number of hydrogen-bond donors (Lipinski definition) is 0. The fraction of sp³-hybridized carbons (Fsp3) is 0.111. The van der Waals surface area contributed by atoms with Crippen LogP contribution in [0.4, 0.5) is 0 Å². The predicted molar refractivity (Wildman–Crippen MR) is 51.3 cm³/mol. The maximum Gasteiger partial charge on any atom is 0.0744 e. The Hall–Kier alpha value is -1.09. The average molecular weight is 176 g/mol. The maximum absolute atomic E-state index is 4.24. The van der Waals surface area contributed by atoms with Crippen LogP contribution in [-0.2, 0) is 0 Å². The van der Waals surface area contributed by atoms with Crippen LogP contribution in [0.5, 0.6) is 0 Å². The van der Waals surface area contributed by atoms with Crippen LogP contribution < -0.4 is 0 Å². The molecule has 0 atom stereocenters. The first-order valence-corrected chi connectivity index (χ1v) is 4.87. The number of rotatable bonds is 1. The zero-order chi connectivity index (χ0) is 8.39. The molecule has 2 aromatic heterocycles. The predicted octanol–water partition coefficient (Wildman–Crippen LogP) is 2.35. The van der Waals surface area contributed by atoms with Gasteiger partial charge in [0.2, 0.25) is 0 Å². The Morgan fingerprint density at radius 3 is 3.00 bits per heavy atom. The smallest absolute Gasteiger partial charge is 0.0744 e. The fourth-order valence-electron chi connectivity index (χ4n) is 1.14. The van der Waals surface area contributed by atoms with E-state index in [0.717, 1.165) is 10.9 Å². The molecule has 0 aromatic carbocycles. The van der Waals surface area contributed by atoms with Gasteiger partial charge >= 0.3 is 0 Å². The van der Waals surface area contributed by atoms with Crippen molar-refractivity contribution in [2.24, 2.45) is 0 Å². The number of pyridine rings is 2. The van der Waals surface area contributed by atoms with Gasteiger partial charge in [0.25, 0.3) is 0 Å². The van der Waals surface area contributed by atoms with Gasteiger partial charge in [-0.2, -0.15) is 0 Å². The summed E-state index contributed by atoms with van der Waals surface area (Å²) in [7, 11) is 0. The minimum Gasteiger partial charge on any atom is -0.264 e. The molecule has 0 saturated heterocycles. The van der Waals surface area contributed by atoms with E-state index >= 15 is 0 Å². The Balaban J connectivity index is 2.79. The number of nitrogens with zero attached hydrogens (tertiary/aromatic N) is 2. The second-order valence-corrected chi connectivity index (χ2v) is 3.25. The SMILES string of the molecule is CSc1ccnc2ccncc12. The molecule has 3 heteroatoms. The molecular formula is C9H8N2S. The van der Waals surface area contributed by atoms with Crippen LogP contribution in [0, 0.1) is 0 Å². The van der Waals surface area contributed by atoms with Crippen LogP contribution >= 0.6 is 11.8 Å². The average Bonchev–Trinajstić information content (AvgIpc) is 2.17. The molecule has 0 spiro atoms. The summed E-state index contributed by atoms with van der Waals surface area (Å²) in [4.78, 5) is 9.53. The number of thioether (sulfide) groups is 1. The second-order valence-electron chi connectivity index (χ2n) is 2.41. The normalized spacial score (nSPS) is 10.4. The van der Waals surface area contributed by atoms with Crippen LogP contribution in [0.15, 0.2) is 35.6 Å². The van der Waals surface area contributed by atoms with E-state index in [2.05, 4.69) is 16.2 Å². The van der Waals surface area contributed by atoms with E-state index < -0.39 is 0 Å². The van der Waals surface area contributed by atoms with Crippen molar-refractivity contribution in [3.8, 4) is 0 Å². The van der Waals surface area contributed by atoms with Gasteiger partial charge in [0.05, 0.1) is 5.52 Å². The van der Waals surface area contributed by atoms with Crippen LogP contribution in [-0.4, -0.2) is 16.2 Å². The lowest BCUT2D eigenvalue weighted by atomic mass is 10.3. The quantitative estimate of drug-likeness (QED) is 0.624. The van der Waals surface area contributed by atoms with Crippen molar-refractivity contribution in [2.45, 2.75) is 4.90 Å². The third-order valence-corrected chi connectivity index (χ3v) is 2.52. The van der Waals surface area contributed by atoms with E-state index in [1.807, 2.05) is 24.5 Å². The molecule has 12 heavy (non-hydrogen) atoms. The molecule has 0 aliphatic heterocycles. The van der Waals surface area contributed by atoms with Crippen molar-refractivity contribution in [2.75, 3.05) is 6.26 Å². The Morgan fingerprint density at radius 2 is 2.17 bits per heavy atom. The van der Waals surface area contributed by atoms with Gasteiger partial charge in [-0.1, -0.05) is 0 Å². The van der Waals surface area contributed by atoms with Gasteiger partial charge in [0, 0.05) is 28.9 Å². The molecule has 0 amide bonds. The number of fused-ring (bicyclic) bond motifs is 1. The van der Waals surface area contributed by atoms with Gasteiger partial charge in [0.15, 0.2) is 0 Å². The summed E-state index contributed by atoms with van der Waals surface area (Å²) in [5, 5.41) is 1.13. The van der Waals surface area contributed by atoms with Crippen molar-refractivity contribution in [3.63, 3.8) is 0 Å². The van der Waals surface area contributed by atoms with E-state index in [9.17, 15) is 0 Å². The number of aromatic nitrogens is 2. The summed E-state index contributed by atoms with van der Waals surface area (Å²) >= 11 is 1.72. The Bertz CT molecular complexity index is 395. The van der Waals surface area contributed by atoms with E-state index in [1.54, 1.807) is 18.0 Å². The van der Waals surface area contributed by atoms with Crippen LogP contribution in [0.3, 0.4) is 0 Å². The van der Waals surface area contributed by atoms with Gasteiger partial charge in [-0.15, -0.1) is 11.8 Å². The summed E-state index contributed by atoms with van der Waals surface area (Å²) < 4.78 is 0. The molecule has 2 rings (SSSR count). The molecule has 60 valence electrons. The first kappa shape index (κ1) is 7.55. The Kier molecular flexibility index (Phi) is 1.96. The summed E-state index contributed by atoms with van der Waals surface area (Å²) in [5.41, 5.74) is 1.01. The molecule has 2 nitrogen and oxygen atoms in total. The van der Waals surface area contributed by atoms with Crippen LogP contribution in [0.1, 0.15) is 0 Å². The van der Waals surface area contributed by atoms with Gasteiger partial charge in [0.1, 0.15) is 0 Å². The molecule has 2 aromatic rings. The fourth-order valence-corrected chi connectivity index (χ4v) is 1.72. The molecule has 0 bridgehead atoms. The van der Waals surface area contributed by atoms with E-state index in [1.165, 1.54) is 4.90 Å². The van der Waals surface area contributed by atoms with Gasteiger partial charge in [-0.25, -0.2) is 0 Å². The van der Waals surface area contributed by atoms with Gasteiger partial charge < -0.3 is 0 Å². The highest BCUT2D eigenvalue weighted by atomic mass is 32.2. The molecule has 2 heterocycles. The molecule has 0 fully saturated rings. The lowest BCUT2D eigenvalue weighted by molar-refractivity contribution is 1.29. The first-order chi connectivity index (χ1) is 5.92. The molecule has 0 radical (unpaired) electrons. The van der Waals surface area contributed by atoms with Crippen molar-refractivity contribution >= 4 is 22.7 Å². The summed E-state index contributed by atoms with van der Waals surface area (Å²) in [5.74, 6) is 0. The zero-order valence-corrected chi connectivity index (χ0v) is 7.51. The molecule has 0 aliphatic carbocycles. The highest BCUT2D eigenvalue weighted by Crippen LogP contribution is 2.22. The van der Waals surface area contributed by atoms with Crippen LogP contribution in [0.2, 0.25) is 0 Å². The Labute approximate surface area is 75.0 Å². The van der Waals surface area contributed by atoms with Crippen molar-refractivity contribution < 1.29 is 0 Å².